The van der Waals surface area contributed by atoms with E-state index in [1.54, 1.807) is 11.3 Å². The lowest BCUT2D eigenvalue weighted by Crippen LogP contribution is -2.26. The Morgan fingerprint density at radius 3 is 2.76 bits per heavy atom. The lowest BCUT2D eigenvalue weighted by molar-refractivity contribution is 0.0953. The Morgan fingerprint density at radius 2 is 1.95 bits per heavy atom. The molecule has 1 aliphatic carbocycles. The van der Waals surface area contributed by atoms with Gasteiger partial charge in [-0.05, 0) is 55.4 Å². The summed E-state index contributed by atoms with van der Waals surface area (Å²) in [7, 11) is 0. The molecule has 0 bridgehead atoms. The fraction of sp³-hybridized carbons (Fsp3) is 0.353. The van der Waals surface area contributed by atoms with Gasteiger partial charge in [0.05, 0.1) is 5.56 Å². The van der Waals surface area contributed by atoms with E-state index in [2.05, 4.69) is 5.32 Å². The SMILES string of the molecule is O=C(NCCc1ccc(Cl)cc1)c1csc2c1CCCC2. The van der Waals surface area contributed by atoms with Gasteiger partial charge in [-0.3, -0.25) is 4.79 Å². The molecule has 21 heavy (non-hydrogen) atoms. The molecule has 1 N–H and O–H groups in total. The topological polar surface area (TPSA) is 29.1 Å². The number of halogens is 1. The summed E-state index contributed by atoms with van der Waals surface area (Å²) in [6.07, 6.45) is 5.48. The zero-order chi connectivity index (χ0) is 14.7. The van der Waals surface area contributed by atoms with Gasteiger partial charge < -0.3 is 5.32 Å². The molecule has 0 spiro atoms. The van der Waals surface area contributed by atoms with Crippen molar-refractivity contribution in [1.82, 2.24) is 5.32 Å². The average Bonchev–Trinajstić information content (AvgIpc) is 2.93. The first-order valence-electron chi connectivity index (χ1n) is 7.36. The molecule has 0 aliphatic heterocycles. The van der Waals surface area contributed by atoms with Gasteiger partial charge in [-0.25, -0.2) is 0 Å². The second-order valence-corrected chi connectivity index (χ2v) is 6.79. The highest BCUT2D eigenvalue weighted by Gasteiger charge is 2.19. The largest absolute Gasteiger partial charge is 0.352 e. The Hall–Kier alpha value is -1.32. The molecular weight excluding hydrogens is 302 g/mol. The Bertz CT molecular complexity index is 633. The molecule has 1 heterocycles. The number of hydrogen-bond donors (Lipinski definition) is 1. The van der Waals surface area contributed by atoms with Crippen LogP contribution in [0.3, 0.4) is 0 Å². The van der Waals surface area contributed by atoms with E-state index in [-0.39, 0.29) is 5.91 Å². The summed E-state index contributed by atoms with van der Waals surface area (Å²) in [5, 5.41) is 5.80. The van der Waals surface area contributed by atoms with Gasteiger partial charge in [0, 0.05) is 21.8 Å². The van der Waals surface area contributed by atoms with E-state index in [1.165, 1.54) is 28.8 Å². The minimum absolute atomic E-state index is 0.0726. The zero-order valence-electron chi connectivity index (χ0n) is 11.8. The summed E-state index contributed by atoms with van der Waals surface area (Å²) in [6.45, 7) is 0.658. The molecule has 110 valence electrons. The van der Waals surface area contributed by atoms with E-state index >= 15 is 0 Å². The van der Waals surface area contributed by atoms with Gasteiger partial charge in [0.25, 0.3) is 5.91 Å². The number of carbonyl (C=O) groups is 1. The van der Waals surface area contributed by atoms with E-state index in [1.807, 2.05) is 29.6 Å². The van der Waals surface area contributed by atoms with Crippen molar-refractivity contribution in [3.05, 3.63) is 56.2 Å². The number of rotatable bonds is 4. The average molecular weight is 320 g/mol. The molecule has 2 aromatic rings. The summed E-state index contributed by atoms with van der Waals surface area (Å²) >= 11 is 7.60. The van der Waals surface area contributed by atoms with Crippen molar-refractivity contribution in [2.45, 2.75) is 32.1 Å². The monoisotopic (exact) mass is 319 g/mol. The van der Waals surface area contributed by atoms with Crippen LogP contribution in [0.25, 0.3) is 0 Å². The fourth-order valence-corrected chi connectivity index (χ4v) is 4.00. The molecule has 0 fully saturated rings. The number of benzene rings is 1. The Labute approximate surface area is 134 Å². The standard InChI is InChI=1S/C17H18ClNOS/c18-13-7-5-12(6-8-13)9-10-19-17(20)15-11-21-16-4-2-1-3-14(15)16/h5-8,11H,1-4,9-10H2,(H,19,20). The maximum atomic E-state index is 12.3. The first-order valence-corrected chi connectivity index (χ1v) is 8.61. The minimum atomic E-state index is 0.0726. The molecule has 2 nitrogen and oxygen atoms in total. The van der Waals surface area contributed by atoms with Crippen LogP contribution < -0.4 is 5.32 Å². The number of aryl methyl sites for hydroxylation is 1. The first kappa shape index (κ1) is 14.6. The number of hydrogen-bond acceptors (Lipinski definition) is 2. The van der Waals surface area contributed by atoms with Gasteiger partial charge in [-0.15, -0.1) is 11.3 Å². The van der Waals surface area contributed by atoms with Crippen molar-refractivity contribution in [3.8, 4) is 0 Å². The predicted molar refractivity (Wildman–Crippen MR) is 88.5 cm³/mol. The molecule has 0 unspecified atom stereocenters. The number of amides is 1. The van der Waals surface area contributed by atoms with Gasteiger partial charge in [-0.1, -0.05) is 23.7 Å². The van der Waals surface area contributed by atoms with Crippen molar-refractivity contribution in [2.75, 3.05) is 6.54 Å². The quantitative estimate of drug-likeness (QED) is 0.896. The highest BCUT2D eigenvalue weighted by Crippen LogP contribution is 2.30. The number of fused-ring (bicyclic) bond motifs is 1. The first-order chi connectivity index (χ1) is 10.2. The highest BCUT2D eigenvalue weighted by atomic mass is 35.5. The summed E-state index contributed by atoms with van der Waals surface area (Å²) < 4.78 is 0. The van der Waals surface area contributed by atoms with E-state index in [9.17, 15) is 4.79 Å². The van der Waals surface area contributed by atoms with Gasteiger partial charge >= 0.3 is 0 Å². The molecule has 1 aromatic heterocycles. The zero-order valence-corrected chi connectivity index (χ0v) is 13.4. The fourth-order valence-electron chi connectivity index (χ4n) is 2.75. The molecular formula is C17H18ClNOS. The Morgan fingerprint density at radius 1 is 1.19 bits per heavy atom. The predicted octanol–water partition coefficient (Wildman–Crippen LogP) is 4.25. The number of carbonyl (C=O) groups excluding carboxylic acids is 1. The molecule has 4 heteroatoms. The van der Waals surface area contributed by atoms with Crippen LogP contribution in [0.5, 0.6) is 0 Å². The molecule has 3 rings (SSSR count). The van der Waals surface area contributed by atoms with Crippen molar-refractivity contribution in [2.24, 2.45) is 0 Å². The van der Waals surface area contributed by atoms with E-state index < -0.39 is 0 Å². The van der Waals surface area contributed by atoms with Crippen molar-refractivity contribution in [3.63, 3.8) is 0 Å². The third-order valence-corrected chi connectivity index (χ3v) is 5.26. The molecule has 0 atom stereocenters. The normalized spacial score (nSPS) is 13.8. The van der Waals surface area contributed by atoms with Gasteiger partial charge in [0.2, 0.25) is 0 Å². The van der Waals surface area contributed by atoms with Crippen molar-refractivity contribution < 1.29 is 4.79 Å². The van der Waals surface area contributed by atoms with Crippen molar-refractivity contribution in [1.29, 1.82) is 0 Å². The summed E-state index contributed by atoms with van der Waals surface area (Å²) in [5.74, 6) is 0.0726. The van der Waals surface area contributed by atoms with Crippen LogP contribution in [0.2, 0.25) is 5.02 Å². The second kappa shape index (κ2) is 6.63. The highest BCUT2D eigenvalue weighted by molar-refractivity contribution is 7.10. The maximum absolute atomic E-state index is 12.3. The van der Waals surface area contributed by atoms with Crippen LogP contribution in [0.4, 0.5) is 0 Å². The third kappa shape index (κ3) is 3.47. The smallest absolute Gasteiger partial charge is 0.252 e. The van der Waals surface area contributed by atoms with E-state index in [0.717, 1.165) is 29.8 Å². The van der Waals surface area contributed by atoms with Crippen LogP contribution in [0, 0.1) is 0 Å². The summed E-state index contributed by atoms with van der Waals surface area (Å²) in [4.78, 5) is 13.7. The van der Waals surface area contributed by atoms with Crippen LogP contribution >= 0.6 is 22.9 Å². The lowest BCUT2D eigenvalue weighted by Gasteiger charge is -2.12. The number of thiophene rings is 1. The van der Waals surface area contributed by atoms with Crippen molar-refractivity contribution >= 4 is 28.8 Å². The lowest BCUT2D eigenvalue weighted by atomic mass is 9.95. The molecule has 0 radical (unpaired) electrons. The molecule has 1 aliphatic rings. The van der Waals surface area contributed by atoms with E-state index in [4.69, 9.17) is 11.6 Å². The minimum Gasteiger partial charge on any atom is -0.352 e. The third-order valence-electron chi connectivity index (χ3n) is 3.92. The van der Waals surface area contributed by atoms with Gasteiger partial charge in [0.15, 0.2) is 0 Å². The number of nitrogens with one attached hydrogen (secondary N) is 1. The summed E-state index contributed by atoms with van der Waals surface area (Å²) in [5.41, 5.74) is 3.37. The second-order valence-electron chi connectivity index (χ2n) is 5.39. The van der Waals surface area contributed by atoms with Crippen LogP contribution in [0.15, 0.2) is 29.6 Å². The molecule has 1 aromatic carbocycles. The molecule has 1 amide bonds. The van der Waals surface area contributed by atoms with Crippen LogP contribution in [0.1, 0.15) is 39.2 Å². The molecule has 0 saturated heterocycles. The summed E-state index contributed by atoms with van der Waals surface area (Å²) in [6, 6.07) is 7.77. The van der Waals surface area contributed by atoms with Crippen LogP contribution in [-0.4, -0.2) is 12.5 Å². The maximum Gasteiger partial charge on any atom is 0.252 e. The van der Waals surface area contributed by atoms with Crippen LogP contribution in [-0.2, 0) is 19.3 Å². The van der Waals surface area contributed by atoms with Gasteiger partial charge in [0.1, 0.15) is 0 Å². The van der Waals surface area contributed by atoms with Gasteiger partial charge in [-0.2, -0.15) is 0 Å². The Balaban J connectivity index is 1.57. The van der Waals surface area contributed by atoms with E-state index in [0.29, 0.717) is 6.54 Å². The molecule has 0 saturated carbocycles. The Kier molecular flexibility index (Phi) is 4.61.